The number of carbonyl (C=O) groups excluding carboxylic acids is 1. The number of benzene rings is 1. The van der Waals surface area contributed by atoms with E-state index in [1.807, 2.05) is 0 Å². The van der Waals surface area contributed by atoms with Crippen LogP contribution in [0.1, 0.15) is 16.1 Å². The Morgan fingerprint density at radius 1 is 1.06 bits per heavy atom. The van der Waals surface area contributed by atoms with Crippen LogP contribution in [0.25, 0.3) is 10.9 Å². The van der Waals surface area contributed by atoms with E-state index in [9.17, 15) is 18.0 Å². The highest BCUT2D eigenvalue weighted by Gasteiger charge is 2.40. The second-order valence-electron chi connectivity index (χ2n) is 7.27. The zero-order valence-electron chi connectivity index (χ0n) is 16.0. The molecule has 2 fully saturated rings. The third-order valence-electron chi connectivity index (χ3n) is 5.23. The van der Waals surface area contributed by atoms with E-state index < -0.39 is 11.7 Å². The van der Waals surface area contributed by atoms with E-state index in [1.54, 1.807) is 35.2 Å². The number of nitrogens with zero attached hydrogens (tertiary/aromatic N) is 3. The molecule has 1 amide bonds. The molecule has 0 N–H and O–H groups in total. The van der Waals surface area contributed by atoms with E-state index in [4.69, 9.17) is 14.2 Å². The molecule has 31 heavy (non-hydrogen) atoms. The predicted octanol–water partition coefficient (Wildman–Crippen LogP) is 3.64. The van der Waals surface area contributed by atoms with Crippen molar-refractivity contribution in [2.75, 3.05) is 19.9 Å². The molecule has 7 nitrogen and oxygen atoms in total. The van der Waals surface area contributed by atoms with Gasteiger partial charge in [0.25, 0.3) is 5.91 Å². The molecule has 3 aromatic rings. The molecule has 5 rings (SSSR count). The summed E-state index contributed by atoms with van der Waals surface area (Å²) in [6.45, 7) is 1.20. The van der Waals surface area contributed by atoms with Gasteiger partial charge in [-0.2, -0.15) is 13.2 Å². The van der Waals surface area contributed by atoms with Crippen LogP contribution in [0, 0.1) is 0 Å². The molecule has 2 atom stereocenters. The van der Waals surface area contributed by atoms with Gasteiger partial charge in [-0.3, -0.25) is 4.79 Å². The van der Waals surface area contributed by atoms with Crippen molar-refractivity contribution in [3.8, 4) is 11.6 Å². The first-order valence-corrected chi connectivity index (χ1v) is 9.51. The average molecular weight is 431 g/mol. The van der Waals surface area contributed by atoms with Crippen LogP contribution in [0.5, 0.6) is 11.6 Å². The number of rotatable bonds is 3. The van der Waals surface area contributed by atoms with E-state index in [2.05, 4.69) is 9.97 Å². The van der Waals surface area contributed by atoms with Crippen LogP contribution in [0.4, 0.5) is 13.2 Å². The Hall–Kier alpha value is -3.24. The van der Waals surface area contributed by atoms with Gasteiger partial charge >= 0.3 is 6.18 Å². The minimum atomic E-state index is -4.46. The zero-order valence-corrected chi connectivity index (χ0v) is 16.0. The molecule has 2 saturated heterocycles. The summed E-state index contributed by atoms with van der Waals surface area (Å²) in [6, 6.07) is 10.4. The maximum atomic E-state index is 12.8. The maximum absolute atomic E-state index is 12.8. The second-order valence-corrected chi connectivity index (χ2v) is 7.27. The third-order valence-corrected chi connectivity index (χ3v) is 5.23. The van der Waals surface area contributed by atoms with E-state index in [1.165, 1.54) is 0 Å². The lowest BCUT2D eigenvalue weighted by Crippen LogP contribution is -2.31. The van der Waals surface area contributed by atoms with E-state index in [0.717, 1.165) is 18.3 Å². The summed E-state index contributed by atoms with van der Waals surface area (Å²) in [5.41, 5.74) is 0.0514. The van der Waals surface area contributed by atoms with Crippen molar-refractivity contribution in [3.05, 3.63) is 59.9 Å². The van der Waals surface area contributed by atoms with Crippen LogP contribution >= 0.6 is 0 Å². The summed E-state index contributed by atoms with van der Waals surface area (Å²) in [7, 11) is 0. The SMILES string of the molecule is O=C(c1ccc2cc(Oc3ccc(C(F)(F)F)cn3)ccc2n1)N1CC2OCOC2C1. The fraction of sp³-hybridized carbons (Fsp3) is 0.286. The van der Waals surface area contributed by atoms with Crippen molar-refractivity contribution in [1.82, 2.24) is 14.9 Å². The summed E-state index contributed by atoms with van der Waals surface area (Å²) < 4.78 is 54.3. The van der Waals surface area contributed by atoms with Gasteiger partial charge in [-0.15, -0.1) is 0 Å². The summed E-state index contributed by atoms with van der Waals surface area (Å²) in [6.07, 6.45) is -3.92. The van der Waals surface area contributed by atoms with Crippen LogP contribution in [-0.2, 0) is 15.7 Å². The van der Waals surface area contributed by atoms with Gasteiger partial charge in [0.05, 0.1) is 24.2 Å². The molecule has 2 aromatic heterocycles. The molecular weight excluding hydrogens is 415 g/mol. The minimum absolute atomic E-state index is 0.0381. The summed E-state index contributed by atoms with van der Waals surface area (Å²) in [5.74, 6) is 0.233. The highest BCUT2D eigenvalue weighted by Crippen LogP contribution is 2.31. The number of likely N-dealkylation sites (tertiary alicyclic amines) is 1. The van der Waals surface area contributed by atoms with Crippen LogP contribution in [0.2, 0.25) is 0 Å². The Morgan fingerprint density at radius 3 is 2.52 bits per heavy atom. The van der Waals surface area contributed by atoms with Crippen LogP contribution < -0.4 is 4.74 Å². The molecule has 2 aliphatic heterocycles. The van der Waals surface area contributed by atoms with E-state index >= 15 is 0 Å². The first-order chi connectivity index (χ1) is 14.9. The number of hydrogen-bond donors (Lipinski definition) is 0. The molecule has 10 heteroatoms. The molecule has 0 aliphatic carbocycles. The van der Waals surface area contributed by atoms with Crippen molar-refractivity contribution < 1.29 is 32.2 Å². The molecule has 2 unspecified atom stereocenters. The van der Waals surface area contributed by atoms with Crippen molar-refractivity contribution >= 4 is 16.8 Å². The maximum Gasteiger partial charge on any atom is 0.417 e. The van der Waals surface area contributed by atoms with Gasteiger partial charge in [-0.05, 0) is 30.3 Å². The Morgan fingerprint density at radius 2 is 1.84 bits per heavy atom. The van der Waals surface area contributed by atoms with Crippen molar-refractivity contribution in [3.63, 3.8) is 0 Å². The van der Waals surface area contributed by atoms with Gasteiger partial charge in [0.2, 0.25) is 5.88 Å². The molecule has 2 aliphatic rings. The molecule has 0 radical (unpaired) electrons. The van der Waals surface area contributed by atoms with Gasteiger partial charge < -0.3 is 19.1 Å². The highest BCUT2D eigenvalue weighted by atomic mass is 19.4. The first kappa shape index (κ1) is 19.7. The molecule has 0 saturated carbocycles. The molecule has 0 spiro atoms. The van der Waals surface area contributed by atoms with Gasteiger partial charge in [0, 0.05) is 17.6 Å². The number of ether oxygens (including phenoxy) is 3. The molecular formula is C21H16F3N3O4. The number of aromatic nitrogens is 2. The fourth-order valence-corrected chi connectivity index (χ4v) is 3.62. The van der Waals surface area contributed by atoms with Crippen molar-refractivity contribution in [2.45, 2.75) is 18.4 Å². The van der Waals surface area contributed by atoms with Gasteiger partial charge in [0.15, 0.2) is 0 Å². The van der Waals surface area contributed by atoms with Crippen LogP contribution in [0.3, 0.4) is 0 Å². The monoisotopic (exact) mass is 431 g/mol. The standard InChI is InChI=1S/C21H16F3N3O4/c22-21(23,24)13-2-6-19(25-8-13)31-14-3-5-15-12(7-14)1-4-16(26-15)20(28)27-9-17-18(10-27)30-11-29-17/h1-8,17-18H,9-11H2. The molecule has 0 bridgehead atoms. The normalized spacial score (nSPS) is 20.8. The number of pyridine rings is 2. The average Bonchev–Trinajstić information content (AvgIpc) is 3.35. The lowest BCUT2D eigenvalue weighted by Gasteiger charge is -2.16. The van der Waals surface area contributed by atoms with Gasteiger partial charge in [0.1, 0.15) is 30.4 Å². The van der Waals surface area contributed by atoms with Gasteiger partial charge in [-0.1, -0.05) is 6.07 Å². The lowest BCUT2D eigenvalue weighted by atomic mass is 10.2. The zero-order chi connectivity index (χ0) is 21.6. The summed E-state index contributed by atoms with van der Waals surface area (Å²) >= 11 is 0. The molecule has 1 aromatic carbocycles. The third kappa shape index (κ3) is 3.91. The van der Waals surface area contributed by atoms with Crippen molar-refractivity contribution in [1.29, 1.82) is 0 Å². The molecule has 160 valence electrons. The number of amides is 1. The highest BCUT2D eigenvalue weighted by molar-refractivity contribution is 5.95. The topological polar surface area (TPSA) is 73.8 Å². The first-order valence-electron chi connectivity index (χ1n) is 9.51. The number of hydrogen-bond acceptors (Lipinski definition) is 6. The number of carbonyl (C=O) groups is 1. The molecule has 4 heterocycles. The van der Waals surface area contributed by atoms with Crippen LogP contribution in [0.15, 0.2) is 48.7 Å². The Kier molecular flexibility index (Phi) is 4.75. The van der Waals surface area contributed by atoms with Crippen molar-refractivity contribution in [2.24, 2.45) is 0 Å². The number of fused-ring (bicyclic) bond motifs is 2. The summed E-state index contributed by atoms with van der Waals surface area (Å²) in [5, 5.41) is 0.714. The van der Waals surface area contributed by atoms with Gasteiger partial charge in [-0.25, -0.2) is 9.97 Å². The van der Waals surface area contributed by atoms with Crippen LogP contribution in [-0.4, -0.2) is 52.9 Å². The van der Waals surface area contributed by atoms with E-state index in [-0.39, 0.29) is 30.8 Å². The second kappa shape index (κ2) is 7.47. The smallest absolute Gasteiger partial charge is 0.417 e. The van der Waals surface area contributed by atoms with E-state index in [0.29, 0.717) is 35.4 Å². The Bertz CT molecular complexity index is 1120. The largest absolute Gasteiger partial charge is 0.439 e. The lowest BCUT2D eigenvalue weighted by molar-refractivity contribution is -0.137. The predicted molar refractivity (Wildman–Crippen MR) is 102 cm³/mol. The quantitative estimate of drug-likeness (QED) is 0.631. The fourth-order valence-electron chi connectivity index (χ4n) is 3.62. The Balaban J connectivity index is 1.31. The summed E-state index contributed by atoms with van der Waals surface area (Å²) in [4.78, 5) is 22.6. The minimum Gasteiger partial charge on any atom is -0.439 e. The Labute approximate surface area is 174 Å². The number of alkyl halides is 3. The number of halogens is 3.